The number of para-hydroxylation sites is 1. The Morgan fingerprint density at radius 1 is 1.18 bits per heavy atom. The van der Waals surface area contributed by atoms with Crippen LogP contribution < -0.4 is 16.4 Å². The molecular weight excluding hydrogens is 354 g/mol. The number of nitrogens with one attached hydrogen (secondary N) is 2. The quantitative estimate of drug-likeness (QED) is 0.688. The minimum absolute atomic E-state index is 0.201. The molecule has 1 aliphatic heterocycles. The maximum Gasteiger partial charge on any atom is 0.235 e. The van der Waals surface area contributed by atoms with Crippen molar-refractivity contribution >= 4 is 28.4 Å². The Bertz CT molecular complexity index is 882. The van der Waals surface area contributed by atoms with Gasteiger partial charge in [0.1, 0.15) is 0 Å². The van der Waals surface area contributed by atoms with Crippen LogP contribution in [0.4, 0.5) is 5.69 Å². The third kappa shape index (κ3) is 3.63. The highest BCUT2D eigenvalue weighted by molar-refractivity contribution is 6.03. The molecule has 1 unspecified atom stereocenters. The molecule has 2 heterocycles. The zero-order valence-corrected chi connectivity index (χ0v) is 16.4. The second-order valence-electron chi connectivity index (χ2n) is 8.22. The number of nitrogens with zero attached hydrogens (tertiary/aromatic N) is 2. The third-order valence-electron chi connectivity index (χ3n) is 6.34. The van der Waals surface area contributed by atoms with E-state index >= 15 is 0 Å². The standard InChI is InChI=1S/C21H29N5O2/c1-26-20-15(19(25-26)16-9-10-18(27)24-21(16)28)3-2-4-17(20)23-12-14-7-5-13(11-22)6-8-14/h2-4,13-14,16,23H,5-12,22H2,1H3,(H,24,27,28). The van der Waals surface area contributed by atoms with E-state index in [1.165, 1.54) is 25.7 Å². The summed E-state index contributed by atoms with van der Waals surface area (Å²) in [6, 6.07) is 6.09. The first-order valence-corrected chi connectivity index (χ1v) is 10.3. The van der Waals surface area contributed by atoms with Crippen LogP contribution in [-0.2, 0) is 16.6 Å². The number of amides is 2. The molecule has 1 saturated carbocycles. The first-order valence-electron chi connectivity index (χ1n) is 10.3. The van der Waals surface area contributed by atoms with Gasteiger partial charge >= 0.3 is 0 Å². The van der Waals surface area contributed by atoms with Crippen LogP contribution >= 0.6 is 0 Å². The number of benzene rings is 1. The summed E-state index contributed by atoms with van der Waals surface area (Å²) in [7, 11) is 1.91. The molecule has 150 valence electrons. The smallest absolute Gasteiger partial charge is 0.235 e. The number of carbonyl (C=O) groups is 2. The van der Waals surface area contributed by atoms with Gasteiger partial charge in [-0.05, 0) is 56.6 Å². The summed E-state index contributed by atoms with van der Waals surface area (Å²) in [5.74, 6) is 0.538. The number of imide groups is 1. The predicted molar refractivity (Wildman–Crippen MR) is 109 cm³/mol. The summed E-state index contributed by atoms with van der Waals surface area (Å²) in [5, 5.41) is 11.7. The fourth-order valence-electron chi connectivity index (χ4n) is 4.64. The van der Waals surface area contributed by atoms with Gasteiger partial charge < -0.3 is 11.1 Å². The molecule has 1 atom stereocenters. The van der Waals surface area contributed by atoms with Crippen molar-refractivity contribution in [3.05, 3.63) is 23.9 Å². The van der Waals surface area contributed by atoms with Crippen LogP contribution in [0.1, 0.15) is 50.1 Å². The summed E-state index contributed by atoms with van der Waals surface area (Å²) in [4.78, 5) is 23.8. The number of aryl methyl sites for hydroxylation is 1. The van der Waals surface area contributed by atoms with E-state index in [0.717, 1.165) is 35.4 Å². The van der Waals surface area contributed by atoms with Gasteiger partial charge in [-0.15, -0.1) is 0 Å². The van der Waals surface area contributed by atoms with E-state index in [9.17, 15) is 9.59 Å². The van der Waals surface area contributed by atoms with Gasteiger partial charge in [-0.3, -0.25) is 19.6 Å². The first-order chi connectivity index (χ1) is 13.6. The average Bonchev–Trinajstić information content (AvgIpc) is 3.04. The highest BCUT2D eigenvalue weighted by Gasteiger charge is 2.32. The zero-order valence-electron chi connectivity index (χ0n) is 16.4. The number of fused-ring (bicyclic) bond motifs is 1. The van der Waals surface area contributed by atoms with E-state index in [1.807, 2.05) is 23.9 Å². The highest BCUT2D eigenvalue weighted by atomic mass is 16.2. The number of aromatic nitrogens is 2. The van der Waals surface area contributed by atoms with Crippen LogP contribution in [0.2, 0.25) is 0 Å². The fourth-order valence-corrected chi connectivity index (χ4v) is 4.64. The molecular formula is C21H29N5O2. The largest absolute Gasteiger partial charge is 0.383 e. The topological polar surface area (TPSA) is 102 Å². The fraction of sp³-hybridized carbons (Fsp3) is 0.571. The SMILES string of the molecule is Cn1nc(C2CCC(=O)NC2=O)c2cccc(NCC3CCC(CN)CC3)c21. The Kier molecular flexibility index (Phi) is 5.35. The van der Waals surface area contributed by atoms with Crippen LogP contribution in [0.15, 0.2) is 18.2 Å². The normalized spacial score (nSPS) is 25.7. The lowest BCUT2D eigenvalue weighted by Gasteiger charge is -2.28. The molecule has 1 aromatic heterocycles. The lowest BCUT2D eigenvalue weighted by atomic mass is 9.82. The van der Waals surface area contributed by atoms with Crippen molar-refractivity contribution in [2.75, 3.05) is 18.4 Å². The van der Waals surface area contributed by atoms with Crippen molar-refractivity contribution in [3.8, 4) is 0 Å². The molecule has 1 aromatic carbocycles. The summed E-state index contributed by atoms with van der Waals surface area (Å²) in [5.41, 5.74) is 8.62. The second kappa shape index (κ2) is 7.91. The van der Waals surface area contributed by atoms with Crippen molar-refractivity contribution in [2.24, 2.45) is 24.6 Å². The Morgan fingerprint density at radius 3 is 2.64 bits per heavy atom. The monoisotopic (exact) mass is 383 g/mol. The van der Waals surface area contributed by atoms with Crippen molar-refractivity contribution < 1.29 is 9.59 Å². The van der Waals surface area contributed by atoms with Crippen LogP contribution in [0.25, 0.3) is 10.9 Å². The molecule has 0 bridgehead atoms. The molecule has 0 spiro atoms. The molecule has 4 rings (SSSR count). The molecule has 1 saturated heterocycles. The molecule has 7 heteroatoms. The van der Waals surface area contributed by atoms with E-state index in [4.69, 9.17) is 5.73 Å². The zero-order chi connectivity index (χ0) is 19.7. The first kappa shape index (κ1) is 18.9. The number of rotatable bonds is 5. The molecule has 2 aliphatic rings. The van der Waals surface area contributed by atoms with Gasteiger partial charge in [-0.2, -0.15) is 5.10 Å². The molecule has 4 N–H and O–H groups in total. The molecule has 0 radical (unpaired) electrons. The summed E-state index contributed by atoms with van der Waals surface area (Å²) in [6.07, 6.45) is 5.75. The lowest BCUT2D eigenvalue weighted by molar-refractivity contribution is -0.134. The van der Waals surface area contributed by atoms with Gasteiger partial charge in [0.2, 0.25) is 11.8 Å². The predicted octanol–water partition coefficient (Wildman–Crippen LogP) is 2.27. The van der Waals surface area contributed by atoms with E-state index in [0.29, 0.717) is 24.7 Å². The Labute approximate surface area is 165 Å². The number of piperidine rings is 1. The molecule has 2 amide bonds. The van der Waals surface area contributed by atoms with E-state index in [-0.39, 0.29) is 17.7 Å². The van der Waals surface area contributed by atoms with E-state index in [1.54, 1.807) is 0 Å². The Hall–Kier alpha value is -2.41. The van der Waals surface area contributed by atoms with Crippen molar-refractivity contribution in [3.63, 3.8) is 0 Å². The van der Waals surface area contributed by atoms with Crippen molar-refractivity contribution in [1.82, 2.24) is 15.1 Å². The Morgan fingerprint density at radius 2 is 1.93 bits per heavy atom. The minimum atomic E-state index is -0.372. The number of anilines is 1. The summed E-state index contributed by atoms with van der Waals surface area (Å²) >= 11 is 0. The molecule has 2 fully saturated rings. The van der Waals surface area contributed by atoms with Crippen LogP contribution in [-0.4, -0.2) is 34.7 Å². The maximum atomic E-state index is 12.3. The van der Waals surface area contributed by atoms with Crippen molar-refractivity contribution in [1.29, 1.82) is 0 Å². The molecule has 2 aromatic rings. The minimum Gasteiger partial charge on any atom is -0.383 e. The molecule has 7 nitrogen and oxygen atoms in total. The number of hydrogen-bond acceptors (Lipinski definition) is 5. The van der Waals surface area contributed by atoms with Crippen LogP contribution in [0.5, 0.6) is 0 Å². The second-order valence-corrected chi connectivity index (χ2v) is 8.22. The average molecular weight is 383 g/mol. The van der Waals surface area contributed by atoms with Crippen molar-refractivity contribution in [2.45, 2.75) is 44.4 Å². The third-order valence-corrected chi connectivity index (χ3v) is 6.34. The molecule has 1 aliphatic carbocycles. The number of nitrogens with two attached hydrogens (primary N) is 1. The van der Waals surface area contributed by atoms with E-state index < -0.39 is 0 Å². The highest BCUT2D eigenvalue weighted by Crippen LogP contribution is 2.34. The maximum absolute atomic E-state index is 12.3. The van der Waals surface area contributed by atoms with Gasteiger partial charge in [0.15, 0.2) is 0 Å². The van der Waals surface area contributed by atoms with Gasteiger partial charge in [0, 0.05) is 25.4 Å². The number of hydrogen-bond donors (Lipinski definition) is 3. The van der Waals surface area contributed by atoms with Crippen LogP contribution in [0, 0.1) is 11.8 Å². The number of carbonyl (C=O) groups excluding carboxylic acids is 2. The summed E-state index contributed by atoms with van der Waals surface area (Å²) < 4.78 is 1.85. The van der Waals surface area contributed by atoms with E-state index in [2.05, 4.69) is 21.8 Å². The lowest BCUT2D eigenvalue weighted by Crippen LogP contribution is -2.39. The Balaban J connectivity index is 1.53. The van der Waals surface area contributed by atoms with Gasteiger partial charge in [0.25, 0.3) is 0 Å². The van der Waals surface area contributed by atoms with Gasteiger partial charge in [0.05, 0.1) is 22.8 Å². The van der Waals surface area contributed by atoms with Gasteiger partial charge in [-0.25, -0.2) is 0 Å². The van der Waals surface area contributed by atoms with Gasteiger partial charge in [-0.1, -0.05) is 12.1 Å². The van der Waals surface area contributed by atoms with Crippen LogP contribution in [0.3, 0.4) is 0 Å². The summed E-state index contributed by atoms with van der Waals surface area (Å²) in [6.45, 7) is 1.74. The molecule has 28 heavy (non-hydrogen) atoms.